The zero-order valence-corrected chi connectivity index (χ0v) is 13.3. The maximum absolute atomic E-state index is 6.03. The largest absolute Gasteiger partial charge is 0.383 e. The average Bonchev–Trinajstić information content (AvgIpc) is 2.43. The second kappa shape index (κ2) is 6.57. The molecule has 1 aromatic heterocycles. The Hall–Kier alpha value is -2.10. The topological polar surface area (TPSA) is 55.0 Å². The number of benzene rings is 1. The van der Waals surface area contributed by atoms with Gasteiger partial charge in [-0.25, -0.2) is 9.97 Å². The van der Waals surface area contributed by atoms with E-state index in [0.717, 1.165) is 36.6 Å². The van der Waals surface area contributed by atoms with Crippen molar-refractivity contribution in [2.75, 3.05) is 17.7 Å². The lowest BCUT2D eigenvalue weighted by molar-refractivity contribution is 0.809. The van der Waals surface area contributed by atoms with E-state index in [2.05, 4.69) is 53.0 Å². The smallest absolute Gasteiger partial charge is 0.137 e. The summed E-state index contributed by atoms with van der Waals surface area (Å²) in [6, 6.07) is 8.53. The van der Waals surface area contributed by atoms with E-state index in [0.29, 0.717) is 5.82 Å². The molecule has 1 heterocycles. The number of nitrogens with two attached hydrogens (primary N) is 1. The number of anilines is 2. The number of nitrogens with zero attached hydrogens (tertiary/aromatic N) is 3. The van der Waals surface area contributed by atoms with Crippen molar-refractivity contribution in [3.05, 3.63) is 46.8 Å². The standard InChI is InChI=1S/C17H24N4/c1-5-7-15-19-16(18)13(3)17(20-15)21(4)11-14-9-6-8-12(2)10-14/h6,8-10H,5,7,11H2,1-4H3,(H2,18,19,20). The summed E-state index contributed by atoms with van der Waals surface area (Å²) >= 11 is 0. The van der Waals surface area contributed by atoms with Crippen LogP contribution in [-0.4, -0.2) is 17.0 Å². The number of nitrogen functional groups attached to an aromatic ring is 1. The molecule has 0 saturated heterocycles. The first-order chi connectivity index (χ1) is 10.0. The first kappa shape index (κ1) is 15.3. The van der Waals surface area contributed by atoms with E-state index in [-0.39, 0.29) is 0 Å². The van der Waals surface area contributed by atoms with Crippen molar-refractivity contribution in [3.63, 3.8) is 0 Å². The maximum Gasteiger partial charge on any atom is 0.137 e. The van der Waals surface area contributed by atoms with E-state index in [4.69, 9.17) is 5.73 Å². The van der Waals surface area contributed by atoms with Gasteiger partial charge in [-0.1, -0.05) is 36.8 Å². The minimum absolute atomic E-state index is 0.583. The molecule has 4 heteroatoms. The van der Waals surface area contributed by atoms with E-state index in [1.807, 2.05) is 14.0 Å². The minimum atomic E-state index is 0.583. The third-order valence-electron chi connectivity index (χ3n) is 3.54. The quantitative estimate of drug-likeness (QED) is 0.915. The molecule has 2 N–H and O–H groups in total. The van der Waals surface area contributed by atoms with E-state index >= 15 is 0 Å². The van der Waals surface area contributed by atoms with Crippen LogP contribution < -0.4 is 10.6 Å². The van der Waals surface area contributed by atoms with Crippen LogP contribution in [-0.2, 0) is 13.0 Å². The molecule has 0 aliphatic carbocycles. The van der Waals surface area contributed by atoms with Crippen molar-refractivity contribution >= 4 is 11.6 Å². The van der Waals surface area contributed by atoms with Crippen LogP contribution >= 0.6 is 0 Å². The van der Waals surface area contributed by atoms with Gasteiger partial charge in [0, 0.05) is 25.6 Å². The van der Waals surface area contributed by atoms with Gasteiger partial charge < -0.3 is 10.6 Å². The third kappa shape index (κ3) is 3.72. The second-order valence-electron chi connectivity index (χ2n) is 5.57. The Morgan fingerprint density at radius 1 is 1.19 bits per heavy atom. The highest BCUT2D eigenvalue weighted by Crippen LogP contribution is 2.22. The van der Waals surface area contributed by atoms with Gasteiger partial charge in [-0.2, -0.15) is 0 Å². The molecule has 21 heavy (non-hydrogen) atoms. The predicted octanol–water partition coefficient (Wildman–Crippen LogP) is 3.26. The summed E-state index contributed by atoms with van der Waals surface area (Å²) < 4.78 is 0. The van der Waals surface area contributed by atoms with Gasteiger partial charge in [0.05, 0.1) is 0 Å². The zero-order valence-electron chi connectivity index (χ0n) is 13.3. The molecule has 0 aliphatic rings. The van der Waals surface area contributed by atoms with Crippen LogP contribution in [0.5, 0.6) is 0 Å². The van der Waals surface area contributed by atoms with Crippen molar-refractivity contribution < 1.29 is 0 Å². The summed E-state index contributed by atoms with van der Waals surface area (Å²) in [4.78, 5) is 11.2. The van der Waals surface area contributed by atoms with Crippen LogP contribution in [0.1, 0.15) is 35.9 Å². The van der Waals surface area contributed by atoms with Gasteiger partial charge in [0.1, 0.15) is 17.5 Å². The SMILES string of the molecule is CCCc1nc(N)c(C)c(N(C)Cc2cccc(C)c2)n1. The number of hydrogen-bond acceptors (Lipinski definition) is 4. The number of rotatable bonds is 5. The molecule has 0 bridgehead atoms. The Kier molecular flexibility index (Phi) is 4.78. The Morgan fingerprint density at radius 2 is 1.95 bits per heavy atom. The van der Waals surface area contributed by atoms with Crippen LogP contribution in [0.2, 0.25) is 0 Å². The van der Waals surface area contributed by atoms with E-state index < -0.39 is 0 Å². The van der Waals surface area contributed by atoms with Gasteiger partial charge in [0.15, 0.2) is 0 Å². The lowest BCUT2D eigenvalue weighted by Gasteiger charge is -2.21. The molecule has 112 valence electrons. The molecule has 0 saturated carbocycles. The molecule has 2 rings (SSSR count). The first-order valence-corrected chi connectivity index (χ1v) is 7.41. The average molecular weight is 284 g/mol. The molecule has 0 unspecified atom stereocenters. The Labute approximate surface area is 127 Å². The van der Waals surface area contributed by atoms with Crippen LogP contribution in [0.15, 0.2) is 24.3 Å². The molecule has 0 amide bonds. The number of aryl methyl sites for hydroxylation is 2. The molecule has 0 radical (unpaired) electrons. The van der Waals surface area contributed by atoms with Gasteiger partial charge in [0.25, 0.3) is 0 Å². The third-order valence-corrected chi connectivity index (χ3v) is 3.54. The normalized spacial score (nSPS) is 10.7. The van der Waals surface area contributed by atoms with Crippen LogP contribution in [0, 0.1) is 13.8 Å². The highest BCUT2D eigenvalue weighted by molar-refractivity contribution is 5.56. The summed E-state index contributed by atoms with van der Waals surface area (Å²) in [5.74, 6) is 2.33. The van der Waals surface area contributed by atoms with E-state index in [1.54, 1.807) is 0 Å². The lowest BCUT2D eigenvalue weighted by atomic mass is 10.1. The van der Waals surface area contributed by atoms with Crippen LogP contribution in [0.4, 0.5) is 11.6 Å². The Morgan fingerprint density at radius 3 is 2.62 bits per heavy atom. The van der Waals surface area contributed by atoms with Gasteiger partial charge >= 0.3 is 0 Å². The first-order valence-electron chi connectivity index (χ1n) is 7.41. The van der Waals surface area contributed by atoms with Gasteiger partial charge in [-0.3, -0.25) is 0 Å². The molecular formula is C17H24N4. The van der Waals surface area contributed by atoms with Gasteiger partial charge in [0.2, 0.25) is 0 Å². The fourth-order valence-corrected chi connectivity index (χ4v) is 2.43. The van der Waals surface area contributed by atoms with Crippen molar-refractivity contribution in [2.24, 2.45) is 0 Å². The van der Waals surface area contributed by atoms with Crippen LogP contribution in [0.25, 0.3) is 0 Å². The van der Waals surface area contributed by atoms with Crippen LogP contribution in [0.3, 0.4) is 0 Å². The minimum Gasteiger partial charge on any atom is -0.383 e. The Bertz CT molecular complexity index is 622. The summed E-state index contributed by atoms with van der Waals surface area (Å²) in [6.07, 6.45) is 1.87. The van der Waals surface area contributed by atoms with Gasteiger partial charge in [-0.05, 0) is 25.8 Å². The highest BCUT2D eigenvalue weighted by Gasteiger charge is 2.12. The zero-order chi connectivity index (χ0) is 15.4. The maximum atomic E-state index is 6.03. The summed E-state index contributed by atoms with van der Waals surface area (Å²) in [7, 11) is 2.05. The van der Waals surface area contributed by atoms with Crippen molar-refractivity contribution in [2.45, 2.75) is 40.2 Å². The molecule has 0 atom stereocenters. The summed E-state index contributed by atoms with van der Waals surface area (Å²) in [6.45, 7) is 7.02. The molecule has 0 aliphatic heterocycles. The van der Waals surface area contributed by atoms with Crippen molar-refractivity contribution in [3.8, 4) is 0 Å². The second-order valence-corrected chi connectivity index (χ2v) is 5.57. The molecule has 4 nitrogen and oxygen atoms in total. The fraction of sp³-hybridized carbons (Fsp3) is 0.412. The summed E-state index contributed by atoms with van der Waals surface area (Å²) in [5.41, 5.74) is 9.52. The highest BCUT2D eigenvalue weighted by atomic mass is 15.2. The predicted molar refractivity (Wildman–Crippen MR) is 88.5 cm³/mol. The molecule has 0 fully saturated rings. The molecule has 2 aromatic rings. The Balaban J connectivity index is 2.27. The summed E-state index contributed by atoms with van der Waals surface area (Å²) in [5, 5.41) is 0. The van der Waals surface area contributed by atoms with E-state index in [1.165, 1.54) is 11.1 Å². The molecular weight excluding hydrogens is 260 g/mol. The van der Waals surface area contributed by atoms with E-state index in [9.17, 15) is 0 Å². The van der Waals surface area contributed by atoms with Gasteiger partial charge in [-0.15, -0.1) is 0 Å². The number of aromatic nitrogens is 2. The van der Waals surface area contributed by atoms with Crippen molar-refractivity contribution in [1.82, 2.24) is 9.97 Å². The molecule has 1 aromatic carbocycles. The lowest BCUT2D eigenvalue weighted by Crippen LogP contribution is -2.21. The van der Waals surface area contributed by atoms with Crippen molar-refractivity contribution in [1.29, 1.82) is 0 Å². The molecule has 0 spiro atoms. The monoisotopic (exact) mass is 284 g/mol. The fourth-order valence-electron chi connectivity index (χ4n) is 2.43. The number of hydrogen-bond donors (Lipinski definition) is 1.